The smallest absolute Gasteiger partial charge is 0.320 e. The third kappa shape index (κ3) is 4.87. The van der Waals surface area contributed by atoms with Crippen LogP contribution in [0.5, 0.6) is 0 Å². The molecule has 0 bridgehead atoms. The number of rotatable bonds is 6. The minimum absolute atomic E-state index is 0.106. The maximum absolute atomic E-state index is 12.4. The summed E-state index contributed by atoms with van der Waals surface area (Å²) in [4.78, 5) is 15.8. The number of benzene rings is 2. The second kappa shape index (κ2) is 8.97. The first-order valence-corrected chi connectivity index (χ1v) is 10.4. The van der Waals surface area contributed by atoms with E-state index >= 15 is 0 Å². The van der Waals surface area contributed by atoms with E-state index in [9.17, 15) is 4.79 Å². The molecule has 0 atom stereocenters. The minimum atomic E-state index is -0.456. The van der Waals surface area contributed by atoms with Crippen molar-refractivity contribution >= 4 is 40.7 Å². The molecule has 150 valence electrons. The third-order valence-electron chi connectivity index (χ3n) is 4.44. The fourth-order valence-corrected chi connectivity index (χ4v) is 3.41. The molecule has 9 heteroatoms. The number of aromatic nitrogens is 2. The van der Waals surface area contributed by atoms with Crippen molar-refractivity contribution in [2.45, 2.75) is 4.90 Å². The number of nitrogens with one attached hydrogen (secondary N) is 2. The summed E-state index contributed by atoms with van der Waals surface area (Å²) < 4.78 is 10.8. The summed E-state index contributed by atoms with van der Waals surface area (Å²) in [5, 5.41) is 13.5. The van der Waals surface area contributed by atoms with Crippen LogP contribution in [0, 0.1) is 0 Å². The van der Waals surface area contributed by atoms with E-state index in [0.29, 0.717) is 5.69 Å². The Kier molecular flexibility index (Phi) is 5.97. The number of hydrogen-bond donors (Lipinski definition) is 2. The number of ether oxygens (including phenoxy) is 1. The molecule has 4 rings (SSSR count). The molecule has 0 radical (unpaired) electrons. The van der Waals surface area contributed by atoms with Gasteiger partial charge in [-0.25, -0.2) is 0 Å². The van der Waals surface area contributed by atoms with E-state index in [2.05, 4.69) is 25.7 Å². The average molecular weight is 411 g/mol. The summed E-state index contributed by atoms with van der Waals surface area (Å²) in [6.07, 6.45) is 2.00. The Morgan fingerprint density at radius 3 is 2.62 bits per heavy atom. The van der Waals surface area contributed by atoms with Crippen molar-refractivity contribution in [2.75, 3.05) is 48.1 Å². The van der Waals surface area contributed by atoms with Gasteiger partial charge in [0.15, 0.2) is 0 Å². The predicted molar refractivity (Wildman–Crippen MR) is 113 cm³/mol. The normalized spacial score (nSPS) is 13.9. The summed E-state index contributed by atoms with van der Waals surface area (Å²) in [5.74, 6) is -0.562. The second-order valence-corrected chi connectivity index (χ2v) is 7.25. The molecule has 0 unspecified atom stereocenters. The Labute approximate surface area is 172 Å². The van der Waals surface area contributed by atoms with Gasteiger partial charge >= 0.3 is 17.8 Å². The molecular weight excluding hydrogens is 390 g/mol. The molecule has 1 fully saturated rings. The van der Waals surface area contributed by atoms with Gasteiger partial charge in [0, 0.05) is 35.0 Å². The number of hydrogen-bond acceptors (Lipinski definition) is 8. The van der Waals surface area contributed by atoms with Gasteiger partial charge in [-0.05, 0) is 48.7 Å². The molecule has 8 nitrogen and oxygen atoms in total. The highest BCUT2D eigenvalue weighted by Gasteiger charge is 2.16. The molecule has 1 aliphatic rings. The van der Waals surface area contributed by atoms with E-state index in [0.717, 1.165) is 42.6 Å². The molecule has 2 aromatic carbocycles. The predicted octanol–water partition coefficient (Wildman–Crippen LogP) is 3.62. The minimum Gasteiger partial charge on any atom is -0.399 e. The highest BCUT2D eigenvalue weighted by Crippen LogP contribution is 2.22. The number of anilines is 4. The topological polar surface area (TPSA) is 92.5 Å². The lowest BCUT2D eigenvalue weighted by Gasteiger charge is -2.28. The van der Waals surface area contributed by atoms with Gasteiger partial charge < -0.3 is 24.7 Å². The maximum Gasteiger partial charge on any atom is 0.320 e. The van der Waals surface area contributed by atoms with E-state index in [1.54, 1.807) is 11.8 Å². The van der Waals surface area contributed by atoms with Crippen LogP contribution in [0.2, 0.25) is 0 Å². The largest absolute Gasteiger partial charge is 0.399 e. The molecule has 1 aromatic heterocycles. The van der Waals surface area contributed by atoms with E-state index in [1.165, 1.54) is 0 Å². The number of carbonyl (C=O) groups is 1. The lowest BCUT2D eigenvalue weighted by Crippen LogP contribution is -2.36. The maximum atomic E-state index is 12.4. The number of amides is 1. The zero-order chi connectivity index (χ0) is 20.1. The molecule has 3 aromatic rings. The number of nitrogens with zero attached hydrogens (tertiary/aromatic N) is 3. The van der Waals surface area contributed by atoms with Crippen molar-refractivity contribution in [3.8, 4) is 0 Å². The summed E-state index contributed by atoms with van der Waals surface area (Å²) in [5.41, 5.74) is 2.57. The van der Waals surface area contributed by atoms with Crippen LogP contribution in [0.3, 0.4) is 0 Å². The van der Waals surface area contributed by atoms with Crippen LogP contribution in [0.1, 0.15) is 10.7 Å². The molecule has 1 aliphatic heterocycles. The van der Waals surface area contributed by atoms with Crippen molar-refractivity contribution in [1.82, 2.24) is 10.2 Å². The Balaban J connectivity index is 1.37. The van der Waals surface area contributed by atoms with Crippen LogP contribution in [-0.4, -0.2) is 48.7 Å². The number of carbonyl (C=O) groups excluding carboxylic acids is 1. The summed E-state index contributed by atoms with van der Waals surface area (Å²) >= 11 is 1.63. The first-order chi connectivity index (χ1) is 14.2. The van der Waals surface area contributed by atoms with Crippen LogP contribution in [0.15, 0.2) is 57.8 Å². The van der Waals surface area contributed by atoms with E-state index in [-0.39, 0.29) is 11.9 Å². The van der Waals surface area contributed by atoms with Crippen molar-refractivity contribution < 1.29 is 13.9 Å². The summed E-state index contributed by atoms with van der Waals surface area (Å²) in [6, 6.07) is 15.6. The molecule has 1 saturated heterocycles. The summed E-state index contributed by atoms with van der Waals surface area (Å²) in [7, 11) is 0. The van der Waals surface area contributed by atoms with Crippen LogP contribution in [0.4, 0.5) is 23.1 Å². The first kappa shape index (κ1) is 19.3. The molecular formula is C20H21N5O3S. The van der Waals surface area contributed by atoms with Gasteiger partial charge in [-0.2, -0.15) is 0 Å². The zero-order valence-corrected chi connectivity index (χ0v) is 16.7. The number of thioether (sulfide) groups is 1. The van der Waals surface area contributed by atoms with Crippen LogP contribution in [0.25, 0.3) is 0 Å². The number of morpholine rings is 1. The molecule has 2 N–H and O–H groups in total. The Hall–Kier alpha value is -3.04. The van der Waals surface area contributed by atoms with Crippen LogP contribution >= 0.6 is 11.8 Å². The Morgan fingerprint density at radius 2 is 1.86 bits per heavy atom. The fourth-order valence-electron chi connectivity index (χ4n) is 2.95. The van der Waals surface area contributed by atoms with Gasteiger partial charge in [-0.1, -0.05) is 11.2 Å². The third-order valence-corrected chi connectivity index (χ3v) is 5.17. The summed E-state index contributed by atoms with van der Waals surface area (Å²) in [6.45, 7) is 3.19. The van der Waals surface area contributed by atoms with Crippen molar-refractivity contribution in [1.29, 1.82) is 0 Å². The fraction of sp³-hybridized carbons (Fsp3) is 0.250. The highest BCUT2D eigenvalue weighted by atomic mass is 32.2. The van der Waals surface area contributed by atoms with E-state index < -0.39 is 5.91 Å². The monoisotopic (exact) mass is 411 g/mol. The molecule has 0 aliphatic carbocycles. The van der Waals surface area contributed by atoms with Crippen LogP contribution < -0.4 is 15.5 Å². The molecule has 29 heavy (non-hydrogen) atoms. The van der Waals surface area contributed by atoms with Crippen molar-refractivity contribution in [2.24, 2.45) is 0 Å². The van der Waals surface area contributed by atoms with Crippen LogP contribution in [-0.2, 0) is 4.74 Å². The van der Waals surface area contributed by atoms with Gasteiger partial charge in [0.05, 0.1) is 13.2 Å². The van der Waals surface area contributed by atoms with Crippen molar-refractivity contribution in [3.63, 3.8) is 0 Å². The van der Waals surface area contributed by atoms with E-state index in [1.807, 2.05) is 54.8 Å². The first-order valence-electron chi connectivity index (χ1n) is 9.20. The molecule has 1 amide bonds. The van der Waals surface area contributed by atoms with Gasteiger partial charge in [0.2, 0.25) is 0 Å². The highest BCUT2D eigenvalue weighted by molar-refractivity contribution is 7.98. The van der Waals surface area contributed by atoms with Crippen molar-refractivity contribution in [3.05, 3.63) is 54.4 Å². The molecule has 2 heterocycles. The molecule has 0 spiro atoms. The van der Waals surface area contributed by atoms with Gasteiger partial charge in [0.1, 0.15) is 0 Å². The van der Waals surface area contributed by atoms with E-state index in [4.69, 9.17) is 9.15 Å². The lowest BCUT2D eigenvalue weighted by molar-refractivity contribution is 0.0991. The quantitative estimate of drug-likeness (QED) is 0.594. The Morgan fingerprint density at radius 1 is 1.07 bits per heavy atom. The standard InChI is InChI=1S/C20H21N5O3S/c1-29-17-4-2-3-15(13-17)22-20-24-23-19(28-20)18(26)21-14-5-7-16(8-6-14)25-9-11-27-12-10-25/h2-8,13H,9-12H2,1H3,(H,21,26)(H,22,24). The Bertz CT molecular complexity index is 970. The van der Waals surface area contributed by atoms with Gasteiger partial charge in [0.25, 0.3) is 0 Å². The second-order valence-electron chi connectivity index (χ2n) is 6.37. The molecule has 0 saturated carbocycles. The lowest BCUT2D eigenvalue weighted by atomic mass is 10.2. The van der Waals surface area contributed by atoms with Gasteiger partial charge in [-0.15, -0.1) is 16.9 Å². The SMILES string of the molecule is CSc1cccc(Nc2nnc(C(=O)Nc3ccc(N4CCOCC4)cc3)o2)c1. The van der Waals surface area contributed by atoms with Gasteiger partial charge in [-0.3, -0.25) is 4.79 Å². The average Bonchev–Trinajstić information content (AvgIpc) is 3.24. The zero-order valence-electron chi connectivity index (χ0n) is 15.9.